The number of rotatable bonds is 4. The van der Waals surface area contributed by atoms with Crippen molar-refractivity contribution in [2.45, 2.75) is 58.0 Å². The van der Waals surface area contributed by atoms with Crippen LogP contribution >= 0.6 is 0 Å². The number of ether oxygens (including phenoxy) is 4. The molecular weight excluding hydrogens is 360 g/mol. The summed E-state index contributed by atoms with van der Waals surface area (Å²) in [5.74, 6) is -0.0268. The fourth-order valence-corrected chi connectivity index (χ4v) is 2.78. The predicted molar refractivity (Wildman–Crippen MR) is 105 cm³/mol. The molecule has 0 unspecified atom stereocenters. The molecule has 3 atom stereocenters. The SMILES string of the molecule is COc1ccc(CO[C@H]2C/C=C/C(=O)O[C@H](C)C/C=C/C(=O)O[C@H](C)C2)cc1. The lowest BCUT2D eigenvalue weighted by atomic mass is 10.1. The number of carbonyl (C=O) groups is 2. The summed E-state index contributed by atoms with van der Waals surface area (Å²) in [6.45, 7) is 4.02. The number of methoxy groups -OCH3 is 1. The lowest BCUT2D eigenvalue weighted by molar-refractivity contribution is -0.144. The van der Waals surface area contributed by atoms with Gasteiger partial charge in [0.2, 0.25) is 0 Å². The van der Waals surface area contributed by atoms with Gasteiger partial charge in [0.1, 0.15) is 18.0 Å². The first-order chi connectivity index (χ1) is 13.5. The van der Waals surface area contributed by atoms with Crippen LogP contribution in [0.25, 0.3) is 0 Å². The van der Waals surface area contributed by atoms with Crippen molar-refractivity contribution in [1.82, 2.24) is 0 Å². The van der Waals surface area contributed by atoms with Crippen LogP contribution in [0.2, 0.25) is 0 Å². The summed E-state index contributed by atoms with van der Waals surface area (Å²) in [5.41, 5.74) is 1.00. The Morgan fingerprint density at radius 1 is 0.929 bits per heavy atom. The fourth-order valence-electron chi connectivity index (χ4n) is 2.78. The molecule has 28 heavy (non-hydrogen) atoms. The Hall–Kier alpha value is -2.60. The zero-order chi connectivity index (χ0) is 20.4. The Bertz CT molecular complexity index is 691. The highest BCUT2D eigenvalue weighted by Crippen LogP contribution is 2.17. The number of hydrogen-bond acceptors (Lipinski definition) is 6. The third-order valence-corrected chi connectivity index (χ3v) is 4.25. The summed E-state index contributed by atoms with van der Waals surface area (Å²) in [6, 6.07) is 7.62. The van der Waals surface area contributed by atoms with Crippen molar-refractivity contribution in [3.8, 4) is 5.75 Å². The minimum absolute atomic E-state index is 0.210. The fraction of sp³-hybridized carbons (Fsp3) is 0.455. The van der Waals surface area contributed by atoms with Crippen molar-refractivity contribution in [3.05, 3.63) is 54.1 Å². The van der Waals surface area contributed by atoms with Crippen LogP contribution in [0.3, 0.4) is 0 Å². The van der Waals surface area contributed by atoms with E-state index in [0.29, 0.717) is 25.9 Å². The van der Waals surface area contributed by atoms with Crippen molar-refractivity contribution >= 4 is 11.9 Å². The van der Waals surface area contributed by atoms with Crippen molar-refractivity contribution < 1.29 is 28.5 Å². The molecule has 0 amide bonds. The van der Waals surface area contributed by atoms with E-state index < -0.39 is 11.9 Å². The molecular formula is C22H28O6. The maximum atomic E-state index is 11.9. The zero-order valence-electron chi connectivity index (χ0n) is 16.6. The molecule has 0 aliphatic carbocycles. The van der Waals surface area contributed by atoms with E-state index in [1.54, 1.807) is 26.2 Å². The molecule has 0 saturated heterocycles. The second-order valence-electron chi connectivity index (χ2n) is 6.79. The number of benzene rings is 1. The molecule has 6 nitrogen and oxygen atoms in total. The summed E-state index contributed by atoms with van der Waals surface area (Å²) in [6.07, 6.45) is 6.84. The Labute approximate surface area is 166 Å². The predicted octanol–water partition coefficient (Wildman–Crippen LogP) is 3.74. The molecule has 0 aromatic heterocycles. The smallest absolute Gasteiger partial charge is 0.330 e. The third kappa shape index (κ3) is 7.96. The second kappa shape index (κ2) is 11.3. The zero-order valence-corrected chi connectivity index (χ0v) is 16.6. The van der Waals surface area contributed by atoms with E-state index in [1.165, 1.54) is 12.2 Å². The second-order valence-corrected chi connectivity index (χ2v) is 6.79. The molecule has 1 aliphatic heterocycles. The van der Waals surface area contributed by atoms with Gasteiger partial charge in [0.05, 0.1) is 19.8 Å². The van der Waals surface area contributed by atoms with E-state index in [4.69, 9.17) is 18.9 Å². The van der Waals surface area contributed by atoms with Crippen molar-refractivity contribution in [2.75, 3.05) is 7.11 Å². The van der Waals surface area contributed by atoms with Crippen LogP contribution in [-0.4, -0.2) is 37.4 Å². The molecule has 0 N–H and O–H groups in total. The van der Waals surface area contributed by atoms with Gasteiger partial charge in [-0.05, 0) is 38.0 Å². The van der Waals surface area contributed by atoms with Crippen LogP contribution in [0.15, 0.2) is 48.6 Å². The normalized spacial score (nSPS) is 26.5. The quantitative estimate of drug-likeness (QED) is 0.732. The molecule has 0 fully saturated rings. The van der Waals surface area contributed by atoms with Gasteiger partial charge in [0, 0.05) is 25.0 Å². The summed E-state index contributed by atoms with van der Waals surface area (Å²) in [4.78, 5) is 23.8. The first-order valence-electron chi connectivity index (χ1n) is 9.45. The molecule has 1 aliphatic rings. The van der Waals surface area contributed by atoms with Gasteiger partial charge in [-0.15, -0.1) is 0 Å². The van der Waals surface area contributed by atoms with Crippen LogP contribution < -0.4 is 4.74 Å². The van der Waals surface area contributed by atoms with Gasteiger partial charge >= 0.3 is 11.9 Å². The third-order valence-electron chi connectivity index (χ3n) is 4.25. The van der Waals surface area contributed by atoms with Gasteiger partial charge in [-0.1, -0.05) is 24.3 Å². The van der Waals surface area contributed by atoms with E-state index in [-0.39, 0.29) is 18.3 Å². The van der Waals surface area contributed by atoms with Crippen LogP contribution in [0, 0.1) is 0 Å². The lowest BCUT2D eigenvalue weighted by Crippen LogP contribution is -2.23. The molecule has 2 rings (SSSR count). The van der Waals surface area contributed by atoms with E-state index in [1.807, 2.05) is 31.2 Å². The van der Waals surface area contributed by atoms with Crippen molar-refractivity contribution in [2.24, 2.45) is 0 Å². The molecule has 1 heterocycles. The van der Waals surface area contributed by atoms with Gasteiger partial charge in [-0.3, -0.25) is 0 Å². The molecule has 6 heteroatoms. The van der Waals surface area contributed by atoms with Gasteiger partial charge in [0.15, 0.2) is 0 Å². The number of cyclic esters (lactones) is 2. The van der Waals surface area contributed by atoms with E-state index in [2.05, 4.69) is 0 Å². The Morgan fingerprint density at radius 3 is 2.18 bits per heavy atom. The highest BCUT2D eigenvalue weighted by atomic mass is 16.5. The standard InChI is InChI=1S/C22H28O6/c1-16-6-4-8-22(24)28-17(2)14-20(7-5-9-21(23)27-16)26-15-18-10-12-19(25-3)13-11-18/h4-5,8-13,16-17,20H,6-7,14-15H2,1-3H3/b8-4+,9-5+/t16-,17-,20+/m1/s1. The minimum Gasteiger partial charge on any atom is -0.497 e. The largest absolute Gasteiger partial charge is 0.497 e. The van der Waals surface area contributed by atoms with Gasteiger partial charge in [-0.2, -0.15) is 0 Å². The molecule has 152 valence electrons. The lowest BCUT2D eigenvalue weighted by Gasteiger charge is -2.21. The van der Waals surface area contributed by atoms with Crippen LogP contribution in [0.4, 0.5) is 0 Å². The highest BCUT2D eigenvalue weighted by molar-refractivity contribution is 5.82. The number of esters is 2. The van der Waals surface area contributed by atoms with Gasteiger partial charge in [-0.25, -0.2) is 9.59 Å². The molecule has 0 bridgehead atoms. The maximum absolute atomic E-state index is 11.9. The van der Waals surface area contributed by atoms with Crippen LogP contribution in [0.5, 0.6) is 5.75 Å². The van der Waals surface area contributed by atoms with Crippen LogP contribution in [-0.2, 0) is 30.4 Å². The van der Waals surface area contributed by atoms with Gasteiger partial charge in [0.25, 0.3) is 0 Å². The number of hydrogen-bond donors (Lipinski definition) is 0. The molecule has 0 spiro atoms. The summed E-state index contributed by atoms with van der Waals surface area (Å²) < 4.78 is 21.8. The Balaban J connectivity index is 2.02. The Morgan fingerprint density at radius 2 is 1.54 bits per heavy atom. The summed E-state index contributed by atoms with van der Waals surface area (Å²) in [5, 5.41) is 0. The van der Waals surface area contributed by atoms with Crippen LogP contribution in [0.1, 0.15) is 38.7 Å². The monoisotopic (exact) mass is 388 g/mol. The summed E-state index contributed by atoms with van der Waals surface area (Å²) in [7, 11) is 1.62. The van der Waals surface area contributed by atoms with Gasteiger partial charge < -0.3 is 18.9 Å². The van der Waals surface area contributed by atoms with E-state index in [0.717, 1.165) is 11.3 Å². The van der Waals surface area contributed by atoms with Crippen molar-refractivity contribution in [3.63, 3.8) is 0 Å². The first-order valence-corrected chi connectivity index (χ1v) is 9.45. The average molecular weight is 388 g/mol. The topological polar surface area (TPSA) is 71.1 Å². The maximum Gasteiger partial charge on any atom is 0.330 e. The highest BCUT2D eigenvalue weighted by Gasteiger charge is 2.17. The van der Waals surface area contributed by atoms with Crippen molar-refractivity contribution in [1.29, 1.82) is 0 Å². The average Bonchev–Trinajstić information content (AvgIpc) is 2.65. The first kappa shape index (κ1) is 21.7. The molecule has 1 aromatic carbocycles. The molecule has 1 aromatic rings. The minimum atomic E-state index is -0.410. The summed E-state index contributed by atoms with van der Waals surface area (Å²) >= 11 is 0. The molecule has 0 saturated carbocycles. The Kier molecular flexibility index (Phi) is 8.75. The number of carbonyl (C=O) groups excluding carboxylic acids is 2. The molecule has 0 radical (unpaired) electrons. The van der Waals surface area contributed by atoms with E-state index >= 15 is 0 Å². The van der Waals surface area contributed by atoms with E-state index in [9.17, 15) is 9.59 Å².